The van der Waals surface area contributed by atoms with E-state index >= 15 is 0 Å². The van der Waals surface area contributed by atoms with Crippen molar-refractivity contribution in [1.29, 1.82) is 0 Å². The number of hydrogen-bond donors (Lipinski definition) is 0. The minimum Gasteiger partial charge on any atom is -0.283 e. The van der Waals surface area contributed by atoms with Crippen molar-refractivity contribution in [1.82, 2.24) is 4.90 Å². The van der Waals surface area contributed by atoms with E-state index in [9.17, 15) is 66.0 Å². The lowest BCUT2D eigenvalue weighted by Crippen LogP contribution is -2.38. The normalized spacial score (nSPS) is 12.0. The summed E-state index contributed by atoms with van der Waals surface area (Å²) in [6.07, 6.45) is -12.6. The van der Waals surface area contributed by atoms with Gasteiger partial charge in [0.2, 0.25) is 26.6 Å². The highest BCUT2D eigenvalue weighted by atomic mass is 19.4. The first-order chi connectivity index (χ1) is 14.0. The average Bonchev–Trinajstić information content (AvgIpc) is 2.62. The maximum absolute atomic E-state index is 12.4. The standard InChI is InChI=1S/C6H7F7O.C3H8FN.CH2F2O.2CH2F2.CH3F/c1-4(8,3-7)14-6(12,13)2-5(9,10)11;1-5(2)3-4;2-1-4-3;2*2-1-3;1-2/h2-3H2,1H3;3H2,1-2H3;1H2;2*1H2;1H3. The number of ether oxygens (including phenoxy) is 1. The highest BCUT2D eigenvalue weighted by Gasteiger charge is 2.49. The molecule has 0 saturated heterocycles. The van der Waals surface area contributed by atoms with Gasteiger partial charge in [0.25, 0.3) is 0 Å². The fourth-order valence-corrected chi connectivity index (χ4v) is 0.608. The summed E-state index contributed by atoms with van der Waals surface area (Å²) in [6.45, 7) is -6.89. The van der Waals surface area contributed by atoms with Crippen LogP contribution in [0.5, 0.6) is 0 Å². The van der Waals surface area contributed by atoms with Gasteiger partial charge in [-0.3, -0.25) is 14.0 Å². The summed E-state index contributed by atoms with van der Waals surface area (Å²) >= 11 is 0. The van der Waals surface area contributed by atoms with E-state index in [2.05, 4.69) is 9.68 Å². The van der Waals surface area contributed by atoms with Crippen LogP contribution in [0.2, 0.25) is 0 Å². The summed E-state index contributed by atoms with van der Waals surface area (Å²) in [7, 11) is 3.86. The van der Waals surface area contributed by atoms with Gasteiger partial charge in [-0.2, -0.15) is 26.9 Å². The fraction of sp³-hybridized carbons (Fsp3) is 1.00. The number of alkyl halides is 14. The summed E-state index contributed by atoms with van der Waals surface area (Å²) < 4.78 is 165. The number of nitrogens with zero attached hydrogens (tertiary/aromatic N) is 1. The van der Waals surface area contributed by atoms with Gasteiger partial charge >= 0.3 is 12.3 Å². The SMILES string of the molecule is CC(F)(CF)OC(F)(F)CC(F)(F)F.CF.CN(C)CF.FCF.FCF.FCOF. The van der Waals surface area contributed by atoms with Gasteiger partial charge in [0.05, 0.1) is 7.18 Å². The van der Waals surface area contributed by atoms with Crippen molar-refractivity contribution in [3.05, 3.63) is 0 Å². The van der Waals surface area contributed by atoms with Crippen molar-refractivity contribution in [2.45, 2.75) is 31.5 Å². The Hall–Kier alpha value is -1.17. The molecule has 0 aromatic rings. The second kappa shape index (κ2) is 28.8. The average molecular weight is 511 g/mol. The van der Waals surface area contributed by atoms with Crippen LogP contribution in [0, 0.1) is 0 Å². The Morgan fingerprint density at radius 3 is 1.13 bits per heavy atom. The lowest BCUT2D eigenvalue weighted by molar-refractivity contribution is -0.355. The molecule has 31 heavy (non-hydrogen) atoms. The van der Waals surface area contributed by atoms with E-state index in [1.807, 2.05) is 0 Å². The Kier molecular flexibility index (Phi) is 40.6. The Morgan fingerprint density at radius 2 is 1.00 bits per heavy atom. The third-order valence-corrected chi connectivity index (χ3v) is 1.29. The smallest absolute Gasteiger partial charge is 0.283 e. The Morgan fingerprint density at radius 1 is 0.742 bits per heavy atom. The first-order valence-electron chi connectivity index (χ1n) is 7.01. The van der Waals surface area contributed by atoms with Gasteiger partial charge in [-0.05, 0) is 25.5 Å². The predicted molar refractivity (Wildman–Crippen MR) is 81.2 cm³/mol. The van der Waals surface area contributed by atoms with Crippen LogP contribution >= 0.6 is 0 Å². The zero-order valence-electron chi connectivity index (χ0n) is 16.7. The number of halogens is 15. The molecule has 0 rings (SSSR count). The van der Waals surface area contributed by atoms with Crippen LogP contribution in [0.15, 0.2) is 0 Å². The van der Waals surface area contributed by atoms with Crippen LogP contribution in [0.4, 0.5) is 66.0 Å². The molecule has 0 saturated carbocycles. The molecule has 0 aliphatic rings. The molecule has 0 N–H and O–H groups in total. The van der Waals surface area contributed by atoms with Gasteiger partial charge in [0, 0.05) is 0 Å². The van der Waals surface area contributed by atoms with Crippen molar-refractivity contribution < 1.29 is 75.7 Å². The van der Waals surface area contributed by atoms with E-state index < -0.39 is 52.0 Å². The van der Waals surface area contributed by atoms with E-state index in [-0.39, 0.29) is 13.7 Å². The van der Waals surface area contributed by atoms with E-state index in [1.54, 1.807) is 14.1 Å². The maximum atomic E-state index is 12.4. The fourth-order valence-electron chi connectivity index (χ4n) is 0.608. The lowest BCUT2D eigenvalue weighted by atomic mass is 10.3. The molecular weight excluding hydrogens is 487 g/mol. The molecule has 18 heteroatoms. The molecule has 0 heterocycles. The molecule has 3 nitrogen and oxygen atoms in total. The second-order valence-corrected chi connectivity index (χ2v) is 4.39. The zero-order chi connectivity index (χ0) is 26.7. The van der Waals surface area contributed by atoms with Crippen molar-refractivity contribution in [2.24, 2.45) is 0 Å². The molecular formula is C13H24F15NO2. The molecule has 0 aromatic heterocycles. The van der Waals surface area contributed by atoms with Gasteiger partial charge < -0.3 is 0 Å². The summed E-state index contributed by atoms with van der Waals surface area (Å²) in [5.74, 6) is -3.42. The van der Waals surface area contributed by atoms with E-state index in [1.165, 1.54) is 4.90 Å². The highest BCUT2D eigenvalue weighted by molar-refractivity contribution is 4.67. The van der Waals surface area contributed by atoms with Crippen LogP contribution in [0.1, 0.15) is 13.3 Å². The number of hydrogen-bond acceptors (Lipinski definition) is 3. The lowest BCUT2D eigenvalue weighted by Gasteiger charge is -2.25. The van der Waals surface area contributed by atoms with Gasteiger partial charge in [-0.25, -0.2) is 35.1 Å². The van der Waals surface area contributed by atoms with E-state index in [0.29, 0.717) is 7.18 Å². The predicted octanol–water partition coefficient (Wildman–Crippen LogP) is 6.84. The monoisotopic (exact) mass is 511 g/mol. The van der Waals surface area contributed by atoms with Crippen LogP contribution in [-0.4, -0.2) is 78.5 Å². The quantitative estimate of drug-likeness (QED) is 0.288. The van der Waals surface area contributed by atoms with Crippen molar-refractivity contribution in [3.8, 4) is 0 Å². The number of rotatable bonds is 6. The van der Waals surface area contributed by atoms with Crippen LogP contribution < -0.4 is 0 Å². The molecule has 198 valence electrons. The minimum absolute atomic E-state index is 0.275. The van der Waals surface area contributed by atoms with Crippen LogP contribution in [0.3, 0.4) is 0 Å². The molecule has 1 atom stereocenters. The molecule has 0 aromatic carbocycles. The molecule has 0 radical (unpaired) electrons. The molecule has 0 fully saturated rings. The zero-order valence-corrected chi connectivity index (χ0v) is 16.7. The largest absolute Gasteiger partial charge is 0.397 e. The van der Waals surface area contributed by atoms with Gasteiger partial charge in [0.1, 0.15) is 19.9 Å². The Balaban J connectivity index is -0.0000000754. The van der Waals surface area contributed by atoms with Crippen molar-refractivity contribution >= 4 is 0 Å². The molecule has 0 amide bonds. The van der Waals surface area contributed by atoms with E-state index in [4.69, 9.17) is 0 Å². The molecule has 0 aliphatic carbocycles. The first-order valence-corrected chi connectivity index (χ1v) is 7.01. The third kappa shape index (κ3) is 73.3. The second-order valence-electron chi connectivity index (χ2n) is 4.39. The summed E-state index contributed by atoms with van der Waals surface area (Å²) in [6, 6.07) is 0. The van der Waals surface area contributed by atoms with E-state index in [0.717, 1.165) is 0 Å². The molecule has 0 aliphatic heterocycles. The summed E-state index contributed by atoms with van der Waals surface area (Å²) in [5, 5.41) is 0. The van der Waals surface area contributed by atoms with Crippen molar-refractivity contribution in [2.75, 3.05) is 55.5 Å². The van der Waals surface area contributed by atoms with Crippen LogP contribution in [-0.2, 0) is 9.68 Å². The molecule has 0 bridgehead atoms. The molecule has 1 unspecified atom stereocenters. The van der Waals surface area contributed by atoms with Crippen molar-refractivity contribution in [3.63, 3.8) is 0 Å². The van der Waals surface area contributed by atoms with Gasteiger partial charge in [-0.15, -0.1) is 0 Å². The summed E-state index contributed by atoms with van der Waals surface area (Å²) in [5.41, 5.74) is 0. The molecule has 0 spiro atoms. The van der Waals surface area contributed by atoms with Gasteiger partial charge in [-0.1, -0.05) is 0 Å². The Labute approximate surface area is 169 Å². The Bertz CT molecular complexity index is 303. The third-order valence-electron chi connectivity index (χ3n) is 1.29. The first kappa shape index (κ1) is 43.7. The van der Waals surface area contributed by atoms with Gasteiger partial charge in [0.15, 0.2) is 0 Å². The maximum Gasteiger partial charge on any atom is 0.397 e. The van der Waals surface area contributed by atoms with Crippen LogP contribution in [0.25, 0.3) is 0 Å². The minimum atomic E-state index is -5.21. The summed E-state index contributed by atoms with van der Waals surface area (Å²) in [4.78, 5) is 3.83. The highest BCUT2D eigenvalue weighted by Crippen LogP contribution is 2.35. The topological polar surface area (TPSA) is 21.7 Å².